The minimum atomic E-state index is -1.84. The van der Waals surface area contributed by atoms with E-state index in [1.807, 2.05) is 0 Å². The molecule has 0 aliphatic heterocycles. The summed E-state index contributed by atoms with van der Waals surface area (Å²) in [6, 6.07) is 0. The molecule has 1 fully saturated rings. The Balaban J connectivity index is 3.96. The summed E-state index contributed by atoms with van der Waals surface area (Å²) in [6.07, 6.45) is 1.59. The highest BCUT2D eigenvalue weighted by atomic mass is 28.4. The van der Waals surface area contributed by atoms with Crippen molar-refractivity contribution in [3.63, 3.8) is 0 Å². The second kappa shape index (κ2) is 8.63. The van der Waals surface area contributed by atoms with Gasteiger partial charge in [-0.05, 0) is 35.5 Å². The second-order valence-electron chi connectivity index (χ2n) is 14.1. The third-order valence-corrected chi connectivity index (χ3v) is 26.8. The molecule has 0 saturated heterocycles. The molecule has 8 heteroatoms. The van der Waals surface area contributed by atoms with Gasteiger partial charge in [0.2, 0.25) is 0 Å². The first kappa shape index (κ1) is 27.8. The third-order valence-electron chi connectivity index (χ3n) is 7.37. The van der Waals surface area contributed by atoms with Crippen LogP contribution < -0.4 is 0 Å². The fourth-order valence-corrected chi connectivity index (χ4v) is 36.1. The number of carboxylic acids is 2. The van der Waals surface area contributed by atoms with Crippen LogP contribution in [0.15, 0.2) is 0 Å². The monoisotopic (exact) mass is 488 g/mol. The lowest BCUT2D eigenvalue weighted by Crippen LogP contribution is -2.64. The van der Waals surface area contributed by atoms with E-state index in [-0.39, 0.29) is 11.1 Å². The van der Waals surface area contributed by atoms with Crippen LogP contribution in [0.25, 0.3) is 0 Å². The summed E-state index contributed by atoms with van der Waals surface area (Å²) in [5, 5.41) is 21.5. The van der Waals surface area contributed by atoms with Crippen LogP contribution in [0.3, 0.4) is 0 Å². The van der Waals surface area contributed by atoms with Crippen molar-refractivity contribution < 1.29 is 19.8 Å². The molecule has 1 aliphatic rings. The molecule has 0 bridgehead atoms. The van der Waals surface area contributed by atoms with Gasteiger partial charge < -0.3 is 10.2 Å². The number of rotatable bonds is 8. The molecule has 0 aromatic rings. The molecule has 4 nitrogen and oxygen atoms in total. The fraction of sp³-hybridized carbons (Fsp3) is 0.909. The number of carboxylic acid groups (broad SMARTS) is 2. The highest BCUT2D eigenvalue weighted by Gasteiger charge is 2.65. The van der Waals surface area contributed by atoms with Gasteiger partial charge in [0.25, 0.3) is 0 Å². The molecule has 0 aromatic heterocycles. The Morgan fingerprint density at radius 3 is 1.43 bits per heavy atom. The summed E-state index contributed by atoms with van der Waals surface area (Å²) in [5.41, 5.74) is -0.772. The normalized spacial score (nSPS) is 26.9. The number of aliphatic carboxylic acids is 2. The molecule has 0 heterocycles. The minimum absolute atomic E-state index is 0.0216. The van der Waals surface area contributed by atoms with E-state index >= 15 is 0 Å². The molecule has 0 aromatic carbocycles. The van der Waals surface area contributed by atoms with E-state index < -0.39 is 55.6 Å². The molecule has 30 heavy (non-hydrogen) atoms. The van der Waals surface area contributed by atoms with Crippen molar-refractivity contribution in [2.45, 2.75) is 108 Å². The summed E-state index contributed by atoms with van der Waals surface area (Å²) >= 11 is 0. The summed E-state index contributed by atoms with van der Waals surface area (Å²) in [6.45, 7) is 28.4. The molecule has 1 rings (SSSR count). The van der Waals surface area contributed by atoms with Gasteiger partial charge in [-0.3, -0.25) is 9.59 Å². The van der Waals surface area contributed by atoms with Crippen molar-refractivity contribution in [3.8, 4) is 0 Å². The fourth-order valence-electron chi connectivity index (χ4n) is 7.99. The van der Waals surface area contributed by atoms with Gasteiger partial charge in [-0.2, -0.15) is 0 Å². The zero-order valence-electron chi connectivity index (χ0n) is 21.6. The summed E-state index contributed by atoms with van der Waals surface area (Å²) in [4.78, 5) is 25.4. The van der Waals surface area contributed by atoms with Gasteiger partial charge in [0, 0.05) is 32.3 Å². The highest BCUT2D eigenvalue weighted by Crippen LogP contribution is 2.63. The Morgan fingerprint density at radius 2 is 1.17 bits per heavy atom. The maximum atomic E-state index is 13.4. The zero-order chi connectivity index (χ0) is 24.1. The van der Waals surface area contributed by atoms with Crippen molar-refractivity contribution in [1.82, 2.24) is 0 Å². The molecular formula is C22H48O4Si4. The molecule has 3 unspecified atom stereocenters. The summed E-state index contributed by atoms with van der Waals surface area (Å²) in [7, 11) is -7.14. The summed E-state index contributed by atoms with van der Waals surface area (Å²) < 4.78 is 0. The Labute approximate surface area is 189 Å². The van der Waals surface area contributed by atoms with E-state index in [0.29, 0.717) is 24.4 Å². The second-order valence-corrected chi connectivity index (χ2v) is 36.6. The lowest BCUT2D eigenvalue weighted by atomic mass is 9.64. The van der Waals surface area contributed by atoms with Crippen molar-refractivity contribution in [3.05, 3.63) is 0 Å². The average Bonchev–Trinajstić information content (AvgIpc) is 2.42. The SMILES string of the molecule is C[Si](C)(C)C(C1CC(C(=O)O)CCC1(C(=O)O)C([Si](C)(C)C)[Si](C)(C)C)[Si](C)(C)C. The van der Waals surface area contributed by atoms with E-state index in [4.69, 9.17) is 0 Å². The van der Waals surface area contributed by atoms with Crippen LogP contribution in [0.1, 0.15) is 19.3 Å². The first-order valence-electron chi connectivity index (χ1n) is 11.5. The van der Waals surface area contributed by atoms with Crippen molar-refractivity contribution in [1.29, 1.82) is 0 Å². The van der Waals surface area contributed by atoms with E-state index in [1.54, 1.807) is 0 Å². The maximum absolute atomic E-state index is 13.4. The Morgan fingerprint density at radius 1 is 0.767 bits per heavy atom. The van der Waals surface area contributed by atoms with Gasteiger partial charge >= 0.3 is 11.9 Å². The molecule has 0 spiro atoms. The predicted molar refractivity (Wildman–Crippen MR) is 139 cm³/mol. The standard InChI is InChI=1S/C22H48O4Si4/c1-27(2,3)19(28(4,5)6)17-15-16(18(23)24)13-14-22(17,20(25)26)21(29(7,8)9)30(10,11)12/h16-17,19,21H,13-15H2,1-12H3,(H,23,24)(H,25,26). The van der Waals surface area contributed by atoms with Crippen LogP contribution >= 0.6 is 0 Å². The lowest BCUT2D eigenvalue weighted by molar-refractivity contribution is -0.159. The predicted octanol–water partition coefficient (Wildman–Crippen LogP) is 6.73. The van der Waals surface area contributed by atoms with Gasteiger partial charge in [-0.1, -0.05) is 78.6 Å². The van der Waals surface area contributed by atoms with Gasteiger partial charge in [-0.25, -0.2) is 0 Å². The van der Waals surface area contributed by atoms with Crippen molar-refractivity contribution in [2.24, 2.45) is 17.3 Å². The average molecular weight is 489 g/mol. The number of hydrogen-bond donors (Lipinski definition) is 2. The Bertz CT molecular complexity index is 624. The van der Waals surface area contributed by atoms with Crippen LogP contribution in [0.4, 0.5) is 0 Å². The number of carbonyl (C=O) groups is 2. The van der Waals surface area contributed by atoms with Gasteiger partial charge in [-0.15, -0.1) is 0 Å². The van der Waals surface area contributed by atoms with Gasteiger partial charge in [0.05, 0.1) is 11.3 Å². The first-order chi connectivity index (χ1) is 13.1. The topological polar surface area (TPSA) is 74.6 Å². The summed E-state index contributed by atoms with van der Waals surface area (Å²) in [5.74, 6) is -1.79. The quantitative estimate of drug-likeness (QED) is 0.371. The van der Waals surface area contributed by atoms with Crippen LogP contribution in [-0.2, 0) is 9.59 Å². The molecule has 0 radical (unpaired) electrons. The van der Waals surface area contributed by atoms with Crippen LogP contribution in [0.2, 0.25) is 88.9 Å². The number of hydrogen-bond acceptors (Lipinski definition) is 2. The van der Waals surface area contributed by atoms with Crippen molar-refractivity contribution >= 4 is 44.2 Å². The maximum Gasteiger partial charge on any atom is 0.309 e. The first-order valence-corrected chi connectivity index (χ1v) is 25.8. The van der Waals surface area contributed by atoms with Gasteiger partial charge in [0.15, 0.2) is 0 Å². The van der Waals surface area contributed by atoms with E-state index in [9.17, 15) is 19.8 Å². The largest absolute Gasteiger partial charge is 0.481 e. The third kappa shape index (κ3) is 5.59. The lowest BCUT2D eigenvalue weighted by Gasteiger charge is -2.60. The van der Waals surface area contributed by atoms with Crippen LogP contribution in [-0.4, -0.2) is 54.4 Å². The Hall–Kier alpha value is -0.192. The van der Waals surface area contributed by atoms with E-state index in [1.165, 1.54) is 0 Å². The van der Waals surface area contributed by atoms with E-state index in [2.05, 4.69) is 78.6 Å². The van der Waals surface area contributed by atoms with Crippen LogP contribution in [0.5, 0.6) is 0 Å². The molecule has 1 saturated carbocycles. The van der Waals surface area contributed by atoms with Crippen molar-refractivity contribution in [2.75, 3.05) is 0 Å². The van der Waals surface area contributed by atoms with Gasteiger partial charge in [0.1, 0.15) is 0 Å². The Kier molecular flexibility index (Phi) is 8.01. The molecule has 1 aliphatic carbocycles. The van der Waals surface area contributed by atoms with Crippen LogP contribution in [0, 0.1) is 17.3 Å². The smallest absolute Gasteiger partial charge is 0.309 e. The molecule has 2 N–H and O–H groups in total. The molecular weight excluding hydrogens is 441 g/mol. The zero-order valence-corrected chi connectivity index (χ0v) is 25.6. The molecule has 176 valence electrons. The highest BCUT2D eigenvalue weighted by molar-refractivity contribution is 6.98. The molecule has 0 amide bonds. The minimum Gasteiger partial charge on any atom is -0.481 e. The van der Waals surface area contributed by atoms with E-state index in [0.717, 1.165) is 0 Å². The molecule has 3 atom stereocenters.